The molecule has 44 heavy (non-hydrogen) atoms. The minimum Gasteiger partial charge on any atom is -0.437 e. The monoisotopic (exact) mass is 603 g/mol. The molecule has 2 aromatic carbocycles. The van der Waals surface area contributed by atoms with E-state index in [0.717, 1.165) is 11.4 Å². The van der Waals surface area contributed by atoms with Gasteiger partial charge in [0.15, 0.2) is 0 Å². The zero-order valence-corrected chi connectivity index (χ0v) is 25.0. The molecule has 0 aliphatic carbocycles. The number of hydrogen-bond donors (Lipinski definition) is 2. The minimum absolute atomic E-state index is 0.0375. The Labute approximate surface area is 252 Å². The summed E-state index contributed by atoms with van der Waals surface area (Å²) in [4.78, 5) is 34.9. The molecule has 3 heterocycles. The first-order chi connectivity index (χ1) is 20.7. The molecule has 11 heteroatoms. The Morgan fingerprint density at radius 2 is 1.70 bits per heavy atom. The van der Waals surface area contributed by atoms with Crippen molar-refractivity contribution in [2.45, 2.75) is 52.3 Å². The molecule has 0 saturated heterocycles. The lowest BCUT2D eigenvalue weighted by Crippen LogP contribution is -2.40. The molecule has 0 fully saturated rings. The molecule has 2 amide bonds. The number of fused-ring (bicyclic) bond motifs is 1. The van der Waals surface area contributed by atoms with Crippen LogP contribution in [0, 0.1) is 6.92 Å². The van der Waals surface area contributed by atoms with Crippen LogP contribution in [0.25, 0.3) is 39.2 Å². The minimum atomic E-state index is -4.42. The Morgan fingerprint density at radius 1 is 0.977 bits per heavy atom. The average molecular weight is 604 g/mol. The quantitative estimate of drug-likeness (QED) is 0.208. The Bertz CT molecular complexity index is 1850. The number of pyridine rings is 1. The van der Waals surface area contributed by atoms with Crippen LogP contribution in [0.3, 0.4) is 0 Å². The number of hydrogen-bond acceptors (Lipinski definition) is 5. The second-order valence-electron chi connectivity index (χ2n) is 11.6. The van der Waals surface area contributed by atoms with Gasteiger partial charge in [-0.1, -0.05) is 12.1 Å². The molecule has 5 aromatic rings. The summed E-state index contributed by atoms with van der Waals surface area (Å²) in [5.41, 5.74) is 3.37. The van der Waals surface area contributed by atoms with E-state index in [1.54, 1.807) is 48.8 Å². The van der Waals surface area contributed by atoms with Crippen molar-refractivity contribution >= 4 is 22.9 Å². The van der Waals surface area contributed by atoms with Gasteiger partial charge in [0.25, 0.3) is 11.8 Å². The van der Waals surface area contributed by atoms with E-state index < -0.39 is 30.5 Å². The summed E-state index contributed by atoms with van der Waals surface area (Å²) in [6.45, 7) is 7.44. The van der Waals surface area contributed by atoms with Gasteiger partial charge in [0, 0.05) is 47.6 Å². The number of halogens is 3. The molecule has 0 atom stereocenters. The highest BCUT2D eigenvalue weighted by molar-refractivity contribution is 6.11. The topological polar surface area (TPSA) is 102 Å². The molecule has 0 aliphatic rings. The Morgan fingerprint density at radius 3 is 2.32 bits per heavy atom. The van der Waals surface area contributed by atoms with E-state index in [1.807, 2.05) is 50.6 Å². The molecule has 0 bridgehead atoms. The summed E-state index contributed by atoms with van der Waals surface area (Å²) >= 11 is 0. The smallest absolute Gasteiger partial charge is 0.389 e. The zero-order valence-electron chi connectivity index (χ0n) is 25.0. The maximum absolute atomic E-state index is 13.4. The van der Waals surface area contributed by atoms with Crippen molar-refractivity contribution in [1.82, 2.24) is 25.2 Å². The number of amides is 2. The number of furan rings is 1. The predicted octanol–water partition coefficient (Wildman–Crippen LogP) is 7.04. The van der Waals surface area contributed by atoms with Crippen molar-refractivity contribution in [1.29, 1.82) is 0 Å². The molecule has 2 N–H and O–H groups in total. The highest BCUT2D eigenvalue weighted by Crippen LogP contribution is 2.38. The highest BCUT2D eigenvalue weighted by atomic mass is 19.4. The number of nitrogens with zero attached hydrogens (tertiary/aromatic N) is 3. The maximum atomic E-state index is 13.4. The molecule has 0 unspecified atom stereocenters. The van der Waals surface area contributed by atoms with Crippen LogP contribution in [-0.2, 0) is 6.42 Å². The largest absolute Gasteiger partial charge is 0.437 e. The third kappa shape index (κ3) is 6.66. The van der Waals surface area contributed by atoms with Crippen LogP contribution in [-0.4, -0.2) is 45.1 Å². The average Bonchev–Trinajstić information content (AvgIpc) is 3.57. The Hall–Kier alpha value is -4.93. The molecule has 228 valence electrons. The van der Waals surface area contributed by atoms with E-state index in [9.17, 15) is 22.8 Å². The maximum Gasteiger partial charge on any atom is 0.389 e. The number of aryl methyl sites for hydroxylation is 2. The lowest BCUT2D eigenvalue weighted by Gasteiger charge is -2.20. The van der Waals surface area contributed by atoms with Crippen LogP contribution >= 0.6 is 0 Å². The first-order valence-corrected chi connectivity index (χ1v) is 14.0. The number of carbonyl (C=O) groups is 2. The lowest BCUT2D eigenvalue weighted by atomic mass is 9.96. The van der Waals surface area contributed by atoms with Crippen LogP contribution in [0.1, 0.15) is 59.3 Å². The number of benzene rings is 2. The third-order valence-corrected chi connectivity index (χ3v) is 6.92. The van der Waals surface area contributed by atoms with Crippen molar-refractivity contribution in [2.24, 2.45) is 0 Å². The van der Waals surface area contributed by atoms with Crippen molar-refractivity contribution in [3.05, 3.63) is 89.6 Å². The van der Waals surface area contributed by atoms with Gasteiger partial charge in [-0.15, -0.1) is 0 Å². The van der Waals surface area contributed by atoms with Gasteiger partial charge in [0.1, 0.15) is 5.76 Å². The number of carbonyl (C=O) groups excluding carboxylic acids is 2. The third-order valence-electron chi connectivity index (χ3n) is 6.92. The first-order valence-electron chi connectivity index (χ1n) is 14.0. The number of aromatic nitrogens is 3. The molecular weight excluding hydrogens is 571 g/mol. The predicted molar refractivity (Wildman–Crippen MR) is 162 cm³/mol. The van der Waals surface area contributed by atoms with Gasteiger partial charge in [0.05, 0.1) is 28.7 Å². The molecule has 8 nitrogen and oxygen atoms in total. The molecule has 0 spiro atoms. The normalized spacial score (nSPS) is 12.0. The molecule has 0 aliphatic heterocycles. The van der Waals surface area contributed by atoms with Crippen molar-refractivity contribution in [3.63, 3.8) is 0 Å². The van der Waals surface area contributed by atoms with E-state index >= 15 is 0 Å². The second kappa shape index (κ2) is 11.6. The van der Waals surface area contributed by atoms with Crippen LogP contribution in [0.2, 0.25) is 0 Å². The fraction of sp³-hybridized carbons (Fsp3) is 0.273. The first kappa shape index (κ1) is 30.5. The lowest BCUT2D eigenvalue weighted by molar-refractivity contribution is -0.134. The van der Waals surface area contributed by atoms with Crippen LogP contribution in [0.4, 0.5) is 13.2 Å². The summed E-state index contributed by atoms with van der Waals surface area (Å²) in [6.07, 6.45) is -2.37. The summed E-state index contributed by atoms with van der Waals surface area (Å²) < 4.78 is 48.0. The number of alkyl halides is 3. The van der Waals surface area contributed by atoms with Gasteiger partial charge in [0.2, 0.25) is 5.71 Å². The number of imidazole rings is 1. The van der Waals surface area contributed by atoms with Crippen LogP contribution < -0.4 is 10.6 Å². The van der Waals surface area contributed by atoms with E-state index in [2.05, 4.69) is 20.6 Å². The summed E-state index contributed by atoms with van der Waals surface area (Å²) in [6, 6.07) is 15.5. The summed E-state index contributed by atoms with van der Waals surface area (Å²) in [7, 11) is 1.48. The van der Waals surface area contributed by atoms with Crippen molar-refractivity contribution < 1.29 is 27.2 Å². The number of nitrogens with one attached hydrogen (secondary N) is 2. The zero-order chi connectivity index (χ0) is 31.8. The van der Waals surface area contributed by atoms with Crippen molar-refractivity contribution in [3.8, 4) is 28.1 Å². The number of rotatable bonds is 7. The fourth-order valence-electron chi connectivity index (χ4n) is 4.90. The fourth-order valence-corrected chi connectivity index (χ4v) is 4.90. The van der Waals surface area contributed by atoms with Gasteiger partial charge in [-0.2, -0.15) is 13.2 Å². The van der Waals surface area contributed by atoms with Gasteiger partial charge in [-0.25, -0.2) is 9.97 Å². The summed E-state index contributed by atoms with van der Waals surface area (Å²) in [5.74, 6) is -0.532. The van der Waals surface area contributed by atoms with Gasteiger partial charge >= 0.3 is 6.18 Å². The molecule has 5 rings (SSSR count). The van der Waals surface area contributed by atoms with Crippen LogP contribution in [0.5, 0.6) is 0 Å². The Kier molecular flexibility index (Phi) is 8.07. The SMILES string of the molecule is CNC(=O)c1c(-c2ccc(-n3cnc(C)c3)cc2)oc2nc(CCC(F)(F)F)c(-c3cccc(C(=O)NC(C)(C)C)c3)cc12. The van der Waals surface area contributed by atoms with Gasteiger partial charge < -0.3 is 19.6 Å². The highest BCUT2D eigenvalue weighted by Gasteiger charge is 2.29. The molecule has 0 saturated carbocycles. The second-order valence-corrected chi connectivity index (χ2v) is 11.6. The van der Waals surface area contributed by atoms with Crippen molar-refractivity contribution in [2.75, 3.05) is 7.05 Å². The van der Waals surface area contributed by atoms with E-state index in [1.165, 1.54) is 7.05 Å². The molecular formula is C33H32F3N5O3. The molecule has 0 radical (unpaired) electrons. The van der Waals surface area contributed by atoms with E-state index in [0.29, 0.717) is 27.6 Å². The Balaban J connectivity index is 1.66. The van der Waals surface area contributed by atoms with E-state index in [4.69, 9.17) is 4.42 Å². The summed E-state index contributed by atoms with van der Waals surface area (Å²) in [5, 5.41) is 5.87. The molecule has 3 aromatic heterocycles. The van der Waals surface area contributed by atoms with E-state index in [-0.39, 0.29) is 28.6 Å². The van der Waals surface area contributed by atoms with Crippen LogP contribution in [0.15, 0.2) is 71.5 Å². The standard InChI is InChI=1S/C33H32F3N5O3/c1-19-17-41(18-38-19)23-11-9-20(10-12-23)28-27(30(43)37-5)25-16-24(26(39-31(25)44-28)13-14-33(34,35)36)21-7-6-8-22(15-21)29(42)40-32(2,3)4/h6-12,15-18H,13-14H2,1-5H3,(H,37,43)(H,40,42). The van der Waals surface area contributed by atoms with Gasteiger partial charge in [-0.3, -0.25) is 9.59 Å². The van der Waals surface area contributed by atoms with Gasteiger partial charge in [-0.05, 0) is 82.1 Å².